The molecule has 4 rings (SSSR count). The minimum atomic E-state index is -0.723. The first kappa shape index (κ1) is 25.0. The first-order valence-electron chi connectivity index (χ1n) is 11.4. The summed E-state index contributed by atoms with van der Waals surface area (Å²) in [5.41, 5.74) is 1.51. The van der Waals surface area contributed by atoms with Crippen LogP contribution in [0.5, 0.6) is 11.5 Å². The smallest absolute Gasteiger partial charge is 0.318 e. The number of hydrogen-bond donors (Lipinski definition) is 0. The number of nitriles is 1. The highest BCUT2D eigenvalue weighted by atomic mass is 32.1. The van der Waals surface area contributed by atoms with Crippen molar-refractivity contribution in [1.29, 1.82) is 5.26 Å². The van der Waals surface area contributed by atoms with Crippen molar-refractivity contribution in [3.05, 3.63) is 84.3 Å². The molecule has 3 aromatic rings. The molecule has 184 valence electrons. The molecule has 0 saturated heterocycles. The predicted molar refractivity (Wildman–Crippen MR) is 138 cm³/mol. The Morgan fingerprint density at radius 2 is 1.89 bits per heavy atom. The van der Waals surface area contributed by atoms with Crippen molar-refractivity contribution in [2.75, 3.05) is 0 Å². The van der Waals surface area contributed by atoms with E-state index in [9.17, 15) is 25.5 Å². The van der Waals surface area contributed by atoms with Gasteiger partial charge in [-0.25, -0.2) is 4.99 Å². The van der Waals surface area contributed by atoms with Crippen LogP contribution in [-0.2, 0) is 12.8 Å². The molecule has 0 amide bonds. The van der Waals surface area contributed by atoms with Gasteiger partial charge in [0.25, 0.3) is 5.69 Å². The molecular weight excluding hydrogens is 480 g/mol. The van der Waals surface area contributed by atoms with Crippen LogP contribution in [0.3, 0.4) is 0 Å². The normalized spacial score (nSPS) is 15.3. The SMILES string of the molecule is CC(C)(C)[C@@H]1CCc2c(sc(N=Cc3ccccc3Oc3ccc([N+](=O)[O-])cc3[N+](=O)[O-])c2C#N)C1. The largest absolute Gasteiger partial charge is 0.449 e. The second-order valence-corrected chi connectivity index (χ2v) is 10.7. The van der Waals surface area contributed by atoms with Gasteiger partial charge in [0, 0.05) is 22.7 Å². The van der Waals surface area contributed by atoms with Crippen molar-refractivity contribution < 1.29 is 14.6 Å². The molecule has 10 heteroatoms. The predicted octanol–water partition coefficient (Wildman–Crippen LogP) is 7.13. The van der Waals surface area contributed by atoms with E-state index in [4.69, 9.17) is 4.74 Å². The number of aliphatic imine (C=N–C) groups is 1. The van der Waals surface area contributed by atoms with E-state index >= 15 is 0 Å². The molecule has 2 aromatic carbocycles. The van der Waals surface area contributed by atoms with Gasteiger partial charge in [-0.1, -0.05) is 32.9 Å². The third-order valence-electron chi connectivity index (χ3n) is 6.39. The molecular formula is C26H24N4O5S. The first-order chi connectivity index (χ1) is 17.1. The molecule has 1 aromatic heterocycles. The van der Waals surface area contributed by atoms with Crippen molar-refractivity contribution in [3.63, 3.8) is 0 Å². The summed E-state index contributed by atoms with van der Waals surface area (Å²) >= 11 is 1.53. The number of rotatable bonds is 6. The van der Waals surface area contributed by atoms with Crippen LogP contribution in [-0.4, -0.2) is 16.1 Å². The van der Waals surface area contributed by atoms with Gasteiger partial charge in [0.2, 0.25) is 5.75 Å². The molecule has 0 spiro atoms. The molecule has 0 N–H and O–H groups in total. The number of para-hydroxylation sites is 1. The maximum atomic E-state index is 11.5. The number of hydrogen-bond acceptors (Lipinski definition) is 8. The van der Waals surface area contributed by atoms with Crippen molar-refractivity contribution in [3.8, 4) is 17.6 Å². The Bertz CT molecular complexity index is 1410. The maximum absolute atomic E-state index is 11.5. The zero-order valence-corrected chi connectivity index (χ0v) is 20.9. The van der Waals surface area contributed by atoms with E-state index in [0.717, 1.165) is 37.0 Å². The zero-order valence-electron chi connectivity index (χ0n) is 20.1. The summed E-state index contributed by atoms with van der Waals surface area (Å²) in [6, 6.07) is 12.4. The van der Waals surface area contributed by atoms with Crippen molar-refractivity contribution in [2.24, 2.45) is 16.3 Å². The van der Waals surface area contributed by atoms with Crippen LogP contribution < -0.4 is 4.74 Å². The van der Waals surface area contributed by atoms with Gasteiger partial charge in [-0.2, -0.15) is 5.26 Å². The monoisotopic (exact) mass is 504 g/mol. The summed E-state index contributed by atoms with van der Waals surface area (Å²) in [7, 11) is 0. The number of benzene rings is 2. The second kappa shape index (κ2) is 9.87. The fourth-order valence-corrected chi connectivity index (χ4v) is 5.51. The highest BCUT2D eigenvalue weighted by molar-refractivity contribution is 7.16. The molecule has 1 heterocycles. The van der Waals surface area contributed by atoms with Crippen LogP contribution in [0.2, 0.25) is 0 Å². The van der Waals surface area contributed by atoms with Gasteiger partial charge in [0.05, 0.1) is 21.5 Å². The Morgan fingerprint density at radius 1 is 1.14 bits per heavy atom. The standard InChI is InChI=1S/C26H24N4O5S/c1-26(2,3)17-8-10-19-20(14-27)25(36-24(19)12-17)28-15-16-6-4-5-7-22(16)35-23-11-9-18(29(31)32)13-21(23)30(33)34/h4-7,9,11,13,15,17H,8,10,12H2,1-3H3/t17-/m1/s1. The average molecular weight is 505 g/mol. The number of nitrogens with zero attached hydrogens (tertiary/aromatic N) is 4. The van der Waals surface area contributed by atoms with Gasteiger partial charge >= 0.3 is 5.69 Å². The van der Waals surface area contributed by atoms with Crippen molar-refractivity contribution >= 4 is 33.9 Å². The van der Waals surface area contributed by atoms with Crippen LogP contribution in [0.15, 0.2) is 47.5 Å². The number of ether oxygens (including phenoxy) is 1. The summed E-state index contributed by atoms with van der Waals surface area (Å²) in [6.07, 6.45) is 4.40. The van der Waals surface area contributed by atoms with Crippen LogP contribution in [0, 0.1) is 42.9 Å². The number of nitro benzene ring substituents is 2. The summed E-state index contributed by atoms with van der Waals surface area (Å²) < 4.78 is 5.80. The number of fused-ring (bicyclic) bond motifs is 1. The Morgan fingerprint density at radius 3 is 2.56 bits per heavy atom. The molecule has 0 aliphatic heterocycles. The molecule has 0 radical (unpaired) electrons. The van der Waals surface area contributed by atoms with Crippen LogP contribution in [0.1, 0.15) is 48.8 Å². The van der Waals surface area contributed by atoms with E-state index < -0.39 is 21.2 Å². The third-order valence-corrected chi connectivity index (χ3v) is 7.56. The van der Waals surface area contributed by atoms with Gasteiger partial charge in [0.15, 0.2) is 0 Å². The van der Waals surface area contributed by atoms with Gasteiger partial charge in [-0.3, -0.25) is 20.2 Å². The molecule has 1 aliphatic rings. The highest BCUT2D eigenvalue weighted by Crippen LogP contribution is 2.45. The fraction of sp³-hybridized carbons (Fsp3) is 0.308. The summed E-state index contributed by atoms with van der Waals surface area (Å²) in [4.78, 5) is 26.9. The van der Waals surface area contributed by atoms with E-state index in [0.29, 0.717) is 27.8 Å². The Labute approximate surface area is 212 Å². The van der Waals surface area contributed by atoms with Gasteiger partial charge in [-0.05, 0) is 54.4 Å². The molecule has 0 unspecified atom stereocenters. The molecule has 9 nitrogen and oxygen atoms in total. The molecule has 1 atom stereocenters. The Hall–Kier alpha value is -4.10. The molecule has 0 bridgehead atoms. The lowest BCUT2D eigenvalue weighted by atomic mass is 9.72. The minimum Gasteiger partial charge on any atom is -0.449 e. The van der Waals surface area contributed by atoms with Crippen LogP contribution >= 0.6 is 11.3 Å². The number of nitro groups is 2. The first-order valence-corrected chi connectivity index (χ1v) is 12.2. The summed E-state index contributed by atoms with van der Waals surface area (Å²) in [5, 5.41) is 33.0. The summed E-state index contributed by atoms with van der Waals surface area (Å²) in [5.74, 6) is 0.716. The van der Waals surface area contributed by atoms with E-state index in [2.05, 4.69) is 31.8 Å². The molecule has 0 saturated carbocycles. The summed E-state index contributed by atoms with van der Waals surface area (Å²) in [6.45, 7) is 6.73. The lowest BCUT2D eigenvalue weighted by Gasteiger charge is -2.33. The third kappa shape index (κ3) is 5.11. The van der Waals surface area contributed by atoms with Gasteiger partial charge in [0.1, 0.15) is 16.8 Å². The van der Waals surface area contributed by atoms with Crippen molar-refractivity contribution in [2.45, 2.75) is 40.0 Å². The Balaban J connectivity index is 1.65. The lowest BCUT2D eigenvalue weighted by Crippen LogP contribution is -2.26. The molecule has 0 fully saturated rings. The topological polar surface area (TPSA) is 132 Å². The highest BCUT2D eigenvalue weighted by Gasteiger charge is 2.32. The quantitative estimate of drug-likeness (QED) is 0.199. The van der Waals surface area contributed by atoms with Gasteiger partial charge < -0.3 is 4.74 Å². The number of non-ortho nitro benzene ring substituents is 1. The average Bonchev–Trinajstić information content (AvgIpc) is 3.19. The zero-order chi connectivity index (χ0) is 26.0. The van der Waals surface area contributed by atoms with E-state index in [1.165, 1.54) is 22.3 Å². The number of thiophene rings is 1. The van der Waals surface area contributed by atoms with E-state index in [-0.39, 0.29) is 11.2 Å². The molecule has 36 heavy (non-hydrogen) atoms. The fourth-order valence-electron chi connectivity index (χ4n) is 4.29. The van der Waals surface area contributed by atoms with E-state index in [1.807, 2.05) is 0 Å². The van der Waals surface area contributed by atoms with Crippen molar-refractivity contribution in [1.82, 2.24) is 0 Å². The minimum absolute atomic E-state index is 0.121. The second-order valence-electron chi connectivity index (χ2n) is 9.67. The van der Waals surface area contributed by atoms with Crippen LogP contribution in [0.25, 0.3) is 0 Å². The van der Waals surface area contributed by atoms with E-state index in [1.54, 1.807) is 30.5 Å². The van der Waals surface area contributed by atoms with Crippen LogP contribution in [0.4, 0.5) is 16.4 Å². The molecule has 1 aliphatic carbocycles. The lowest BCUT2D eigenvalue weighted by molar-refractivity contribution is -0.394. The maximum Gasteiger partial charge on any atom is 0.318 e. The van der Waals surface area contributed by atoms with Gasteiger partial charge in [-0.15, -0.1) is 11.3 Å². The Kier molecular flexibility index (Phi) is 6.86.